The standard InChI is InChI=1S/C18H22N2O/c1-12-6-4-5-7-15(12)8-9-18(21)20-17-11-13(2)16(19)10-14(17)3/h4-7,10-11H,8-9,19H2,1-3H3,(H,20,21). The summed E-state index contributed by atoms with van der Waals surface area (Å²) in [6, 6.07) is 12.0. The molecule has 0 heterocycles. The van der Waals surface area contributed by atoms with E-state index in [4.69, 9.17) is 5.73 Å². The minimum absolute atomic E-state index is 0.0329. The van der Waals surface area contributed by atoms with Gasteiger partial charge in [-0.2, -0.15) is 0 Å². The van der Waals surface area contributed by atoms with Crippen LogP contribution in [0.25, 0.3) is 0 Å². The van der Waals surface area contributed by atoms with Gasteiger partial charge in [0.1, 0.15) is 0 Å². The second-order valence-corrected chi connectivity index (χ2v) is 5.50. The van der Waals surface area contributed by atoms with Gasteiger partial charge in [0.15, 0.2) is 0 Å². The van der Waals surface area contributed by atoms with Crippen LogP contribution in [0.2, 0.25) is 0 Å². The summed E-state index contributed by atoms with van der Waals surface area (Å²) in [7, 11) is 0. The monoisotopic (exact) mass is 282 g/mol. The molecule has 2 rings (SSSR count). The number of carbonyl (C=O) groups excluding carboxylic acids is 1. The first-order valence-electron chi connectivity index (χ1n) is 7.18. The van der Waals surface area contributed by atoms with Crippen molar-refractivity contribution in [3.05, 3.63) is 58.7 Å². The van der Waals surface area contributed by atoms with Crippen molar-refractivity contribution in [3.63, 3.8) is 0 Å². The Hall–Kier alpha value is -2.29. The van der Waals surface area contributed by atoms with Crippen molar-refractivity contribution < 1.29 is 4.79 Å². The van der Waals surface area contributed by atoms with E-state index in [-0.39, 0.29) is 5.91 Å². The molecule has 2 aromatic carbocycles. The van der Waals surface area contributed by atoms with Gasteiger partial charge in [-0.05, 0) is 61.6 Å². The van der Waals surface area contributed by atoms with Crippen LogP contribution < -0.4 is 11.1 Å². The van der Waals surface area contributed by atoms with Gasteiger partial charge < -0.3 is 11.1 Å². The molecule has 2 aromatic rings. The first-order valence-corrected chi connectivity index (χ1v) is 7.18. The number of nitrogens with two attached hydrogens (primary N) is 1. The van der Waals surface area contributed by atoms with E-state index in [1.54, 1.807) is 0 Å². The Kier molecular flexibility index (Phi) is 4.63. The molecule has 0 unspecified atom stereocenters. The molecule has 0 saturated carbocycles. The van der Waals surface area contributed by atoms with Crippen molar-refractivity contribution in [1.29, 1.82) is 0 Å². The summed E-state index contributed by atoms with van der Waals surface area (Å²) in [6.45, 7) is 5.96. The lowest BCUT2D eigenvalue weighted by molar-refractivity contribution is -0.116. The highest BCUT2D eigenvalue weighted by Gasteiger charge is 2.08. The predicted molar refractivity (Wildman–Crippen MR) is 88.5 cm³/mol. The lowest BCUT2D eigenvalue weighted by atomic mass is 10.0. The fraction of sp³-hybridized carbons (Fsp3) is 0.278. The van der Waals surface area contributed by atoms with Gasteiger partial charge >= 0.3 is 0 Å². The molecule has 0 aliphatic rings. The molecular weight excluding hydrogens is 260 g/mol. The van der Waals surface area contributed by atoms with Gasteiger partial charge in [0.2, 0.25) is 5.91 Å². The van der Waals surface area contributed by atoms with Crippen molar-refractivity contribution in [2.45, 2.75) is 33.6 Å². The summed E-state index contributed by atoms with van der Waals surface area (Å²) >= 11 is 0. The van der Waals surface area contributed by atoms with Crippen LogP contribution in [0, 0.1) is 20.8 Å². The number of nitrogens with one attached hydrogen (secondary N) is 1. The number of nitrogen functional groups attached to an aromatic ring is 1. The van der Waals surface area contributed by atoms with Crippen molar-refractivity contribution in [1.82, 2.24) is 0 Å². The second kappa shape index (κ2) is 6.44. The molecule has 3 heteroatoms. The Bertz CT molecular complexity index is 662. The third kappa shape index (κ3) is 3.85. The molecular formula is C18H22N2O. The Morgan fingerprint density at radius 1 is 1.05 bits per heavy atom. The zero-order valence-electron chi connectivity index (χ0n) is 12.9. The molecule has 110 valence electrons. The van der Waals surface area contributed by atoms with Crippen LogP contribution in [-0.2, 0) is 11.2 Å². The van der Waals surface area contributed by atoms with Gasteiger partial charge in [0, 0.05) is 17.8 Å². The van der Waals surface area contributed by atoms with E-state index in [1.807, 2.05) is 38.1 Å². The number of benzene rings is 2. The van der Waals surface area contributed by atoms with Gasteiger partial charge in [-0.3, -0.25) is 4.79 Å². The lowest BCUT2D eigenvalue weighted by Gasteiger charge is -2.11. The number of amides is 1. The SMILES string of the molecule is Cc1cc(NC(=O)CCc2ccccc2C)c(C)cc1N. The smallest absolute Gasteiger partial charge is 0.224 e. The summed E-state index contributed by atoms with van der Waals surface area (Å²) in [4.78, 5) is 12.1. The summed E-state index contributed by atoms with van der Waals surface area (Å²) in [5.41, 5.74) is 11.9. The number of hydrogen-bond acceptors (Lipinski definition) is 2. The first kappa shape index (κ1) is 15.1. The summed E-state index contributed by atoms with van der Waals surface area (Å²) in [5.74, 6) is 0.0329. The van der Waals surface area contributed by atoms with Crippen molar-refractivity contribution in [2.24, 2.45) is 0 Å². The molecule has 1 amide bonds. The Morgan fingerprint density at radius 3 is 2.48 bits per heavy atom. The topological polar surface area (TPSA) is 55.1 Å². The van der Waals surface area contributed by atoms with Gasteiger partial charge in [0.25, 0.3) is 0 Å². The third-order valence-electron chi connectivity index (χ3n) is 3.77. The average Bonchev–Trinajstić information content (AvgIpc) is 2.44. The normalized spacial score (nSPS) is 10.4. The van der Waals surface area contributed by atoms with Crippen molar-refractivity contribution in [2.75, 3.05) is 11.1 Å². The largest absolute Gasteiger partial charge is 0.399 e. The van der Waals surface area contributed by atoms with E-state index in [2.05, 4.69) is 24.4 Å². The van der Waals surface area contributed by atoms with Gasteiger partial charge in [-0.25, -0.2) is 0 Å². The van der Waals surface area contributed by atoms with Crippen LogP contribution in [-0.4, -0.2) is 5.91 Å². The van der Waals surface area contributed by atoms with Crippen molar-refractivity contribution >= 4 is 17.3 Å². The Morgan fingerprint density at radius 2 is 1.76 bits per heavy atom. The molecule has 0 atom stereocenters. The van der Waals surface area contributed by atoms with Crippen molar-refractivity contribution in [3.8, 4) is 0 Å². The van der Waals surface area contributed by atoms with E-state index in [0.717, 1.165) is 28.9 Å². The maximum atomic E-state index is 12.1. The number of anilines is 2. The van der Waals surface area contributed by atoms with Crippen LogP contribution in [0.1, 0.15) is 28.7 Å². The second-order valence-electron chi connectivity index (χ2n) is 5.50. The Balaban J connectivity index is 1.99. The van der Waals surface area contributed by atoms with Crippen LogP contribution in [0.4, 0.5) is 11.4 Å². The zero-order chi connectivity index (χ0) is 15.4. The molecule has 0 saturated heterocycles. The number of hydrogen-bond donors (Lipinski definition) is 2. The highest BCUT2D eigenvalue weighted by atomic mass is 16.1. The Labute approximate surface area is 126 Å². The average molecular weight is 282 g/mol. The molecule has 0 aliphatic heterocycles. The first-order chi connectivity index (χ1) is 9.97. The fourth-order valence-electron chi connectivity index (χ4n) is 2.32. The van der Waals surface area contributed by atoms with Crippen LogP contribution in [0.15, 0.2) is 36.4 Å². The van der Waals surface area contributed by atoms with Gasteiger partial charge in [-0.1, -0.05) is 24.3 Å². The lowest BCUT2D eigenvalue weighted by Crippen LogP contribution is -2.14. The molecule has 3 nitrogen and oxygen atoms in total. The molecule has 0 bridgehead atoms. The highest BCUT2D eigenvalue weighted by Crippen LogP contribution is 2.22. The molecule has 0 aromatic heterocycles. The molecule has 0 spiro atoms. The predicted octanol–water partition coefficient (Wildman–Crippen LogP) is 3.77. The van der Waals surface area contributed by atoms with Gasteiger partial charge in [-0.15, -0.1) is 0 Å². The van der Waals surface area contributed by atoms with E-state index in [1.165, 1.54) is 11.1 Å². The van der Waals surface area contributed by atoms with E-state index < -0.39 is 0 Å². The minimum Gasteiger partial charge on any atom is -0.399 e. The van der Waals surface area contributed by atoms with Crippen LogP contribution in [0.5, 0.6) is 0 Å². The van der Waals surface area contributed by atoms with Crippen LogP contribution >= 0.6 is 0 Å². The van der Waals surface area contributed by atoms with E-state index >= 15 is 0 Å². The maximum Gasteiger partial charge on any atom is 0.224 e. The number of aryl methyl sites for hydroxylation is 4. The van der Waals surface area contributed by atoms with Gasteiger partial charge in [0.05, 0.1) is 0 Å². The summed E-state index contributed by atoms with van der Waals surface area (Å²) in [6.07, 6.45) is 1.24. The highest BCUT2D eigenvalue weighted by molar-refractivity contribution is 5.92. The maximum absolute atomic E-state index is 12.1. The van der Waals surface area contributed by atoms with E-state index in [0.29, 0.717) is 6.42 Å². The zero-order valence-corrected chi connectivity index (χ0v) is 12.9. The minimum atomic E-state index is 0.0329. The quantitative estimate of drug-likeness (QED) is 0.839. The molecule has 3 N–H and O–H groups in total. The summed E-state index contributed by atoms with van der Waals surface area (Å²) < 4.78 is 0. The molecule has 0 radical (unpaired) electrons. The third-order valence-corrected chi connectivity index (χ3v) is 3.77. The molecule has 21 heavy (non-hydrogen) atoms. The van der Waals surface area contributed by atoms with E-state index in [9.17, 15) is 4.79 Å². The van der Waals surface area contributed by atoms with Crippen LogP contribution in [0.3, 0.4) is 0 Å². The fourth-order valence-corrected chi connectivity index (χ4v) is 2.32. The number of carbonyl (C=O) groups is 1. The number of rotatable bonds is 4. The molecule has 0 fully saturated rings. The summed E-state index contributed by atoms with van der Waals surface area (Å²) in [5, 5.41) is 2.97. The molecule has 0 aliphatic carbocycles.